The second-order valence-electron chi connectivity index (χ2n) is 6.00. The van der Waals surface area contributed by atoms with Gasteiger partial charge >= 0.3 is 12.2 Å². The molecule has 1 unspecified atom stereocenters. The Bertz CT molecular complexity index is 773. The highest BCUT2D eigenvalue weighted by atomic mass is 19.4. The molecular formula is C18H17F3N2O2. The summed E-state index contributed by atoms with van der Waals surface area (Å²) in [5, 5.41) is 15.0. The Morgan fingerprint density at radius 3 is 2.56 bits per heavy atom. The predicted octanol–water partition coefficient (Wildman–Crippen LogP) is 3.90. The number of nitrogens with one attached hydrogen (secondary N) is 2. The Morgan fingerprint density at radius 2 is 1.88 bits per heavy atom. The molecule has 0 aromatic heterocycles. The lowest BCUT2D eigenvalue weighted by Crippen LogP contribution is -2.36. The standard InChI is InChI=1S/C18H17F3N2O2/c19-18(20,21)13-5-1-11(2-6-13)10-22-17(25)23-16-8-4-12-3-7-14(24)9-15(12)16/h1-3,5-7,9,16,24H,4,8,10H2,(H2,22,23,25). The van der Waals surface area contributed by atoms with Gasteiger partial charge in [-0.3, -0.25) is 0 Å². The molecule has 2 aromatic rings. The van der Waals surface area contributed by atoms with Crippen molar-refractivity contribution >= 4 is 6.03 Å². The molecule has 0 saturated carbocycles. The molecule has 7 heteroatoms. The smallest absolute Gasteiger partial charge is 0.416 e. The van der Waals surface area contributed by atoms with Crippen molar-refractivity contribution in [3.63, 3.8) is 0 Å². The van der Waals surface area contributed by atoms with E-state index < -0.39 is 17.8 Å². The molecule has 1 atom stereocenters. The molecule has 0 spiro atoms. The van der Waals surface area contributed by atoms with Crippen molar-refractivity contribution in [2.75, 3.05) is 0 Å². The van der Waals surface area contributed by atoms with Crippen molar-refractivity contribution in [2.24, 2.45) is 0 Å². The van der Waals surface area contributed by atoms with E-state index in [1.54, 1.807) is 12.1 Å². The summed E-state index contributed by atoms with van der Waals surface area (Å²) in [6.45, 7) is 0.129. The molecule has 0 saturated heterocycles. The van der Waals surface area contributed by atoms with E-state index in [9.17, 15) is 23.1 Å². The Morgan fingerprint density at radius 1 is 1.16 bits per heavy atom. The number of carbonyl (C=O) groups is 1. The van der Waals surface area contributed by atoms with E-state index in [2.05, 4.69) is 10.6 Å². The first-order valence-corrected chi connectivity index (χ1v) is 7.85. The van der Waals surface area contributed by atoms with Crippen LogP contribution >= 0.6 is 0 Å². The van der Waals surface area contributed by atoms with E-state index in [-0.39, 0.29) is 18.3 Å². The molecule has 0 aliphatic heterocycles. The summed E-state index contributed by atoms with van der Waals surface area (Å²) in [6.07, 6.45) is -2.81. The Hall–Kier alpha value is -2.70. The van der Waals surface area contributed by atoms with E-state index >= 15 is 0 Å². The molecule has 25 heavy (non-hydrogen) atoms. The van der Waals surface area contributed by atoms with E-state index in [1.807, 2.05) is 6.07 Å². The van der Waals surface area contributed by atoms with Gasteiger partial charge in [0.1, 0.15) is 5.75 Å². The molecule has 132 valence electrons. The topological polar surface area (TPSA) is 61.4 Å². The highest BCUT2D eigenvalue weighted by molar-refractivity contribution is 5.74. The van der Waals surface area contributed by atoms with Gasteiger partial charge < -0.3 is 15.7 Å². The minimum atomic E-state index is -4.37. The van der Waals surface area contributed by atoms with Gasteiger partial charge in [-0.2, -0.15) is 13.2 Å². The van der Waals surface area contributed by atoms with Gasteiger partial charge in [0.25, 0.3) is 0 Å². The Labute approximate surface area is 142 Å². The zero-order valence-corrected chi connectivity index (χ0v) is 13.2. The number of hydrogen-bond acceptors (Lipinski definition) is 2. The lowest BCUT2D eigenvalue weighted by molar-refractivity contribution is -0.137. The second kappa shape index (κ2) is 6.66. The molecule has 0 bridgehead atoms. The number of phenolic OH excluding ortho intramolecular Hbond substituents is 1. The van der Waals surface area contributed by atoms with Crippen molar-refractivity contribution in [2.45, 2.75) is 31.6 Å². The van der Waals surface area contributed by atoms with E-state index in [1.165, 1.54) is 12.1 Å². The van der Waals surface area contributed by atoms with Crippen LogP contribution in [0.2, 0.25) is 0 Å². The average molecular weight is 350 g/mol. The predicted molar refractivity (Wildman–Crippen MR) is 86.0 cm³/mol. The summed E-state index contributed by atoms with van der Waals surface area (Å²) in [6, 6.07) is 9.17. The quantitative estimate of drug-likeness (QED) is 0.786. The van der Waals surface area contributed by atoms with Gasteiger partial charge in [-0.05, 0) is 53.8 Å². The van der Waals surface area contributed by atoms with Crippen LogP contribution in [0.3, 0.4) is 0 Å². The van der Waals surface area contributed by atoms with Gasteiger partial charge in [-0.1, -0.05) is 18.2 Å². The summed E-state index contributed by atoms with van der Waals surface area (Å²) < 4.78 is 37.5. The number of amides is 2. The lowest BCUT2D eigenvalue weighted by Gasteiger charge is -2.15. The maximum Gasteiger partial charge on any atom is 0.416 e. The lowest BCUT2D eigenvalue weighted by atomic mass is 10.1. The third-order valence-corrected chi connectivity index (χ3v) is 4.25. The van der Waals surface area contributed by atoms with Crippen LogP contribution in [0.15, 0.2) is 42.5 Å². The van der Waals surface area contributed by atoms with Crippen LogP contribution < -0.4 is 10.6 Å². The molecule has 1 aliphatic carbocycles. The maximum atomic E-state index is 12.5. The van der Waals surface area contributed by atoms with Crippen LogP contribution in [0.5, 0.6) is 5.75 Å². The largest absolute Gasteiger partial charge is 0.508 e. The zero-order chi connectivity index (χ0) is 18.0. The van der Waals surface area contributed by atoms with Gasteiger partial charge in [-0.25, -0.2) is 4.79 Å². The number of phenols is 1. The van der Waals surface area contributed by atoms with Crippen molar-refractivity contribution in [3.05, 3.63) is 64.7 Å². The average Bonchev–Trinajstić information content (AvgIpc) is 2.95. The molecule has 2 aromatic carbocycles. The fourth-order valence-corrected chi connectivity index (χ4v) is 2.94. The third kappa shape index (κ3) is 4.04. The Balaban J connectivity index is 1.55. The van der Waals surface area contributed by atoms with E-state index in [0.717, 1.165) is 36.1 Å². The number of aromatic hydroxyl groups is 1. The molecule has 0 radical (unpaired) electrons. The number of benzene rings is 2. The zero-order valence-electron chi connectivity index (χ0n) is 13.2. The molecule has 3 rings (SSSR count). The van der Waals surface area contributed by atoms with Crippen molar-refractivity contribution in [1.82, 2.24) is 10.6 Å². The van der Waals surface area contributed by atoms with Crippen LogP contribution in [-0.2, 0) is 19.1 Å². The first-order valence-electron chi connectivity index (χ1n) is 7.85. The van der Waals surface area contributed by atoms with Gasteiger partial charge in [0.15, 0.2) is 0 Å². The monoisotopic (exact) mass is 350 g/mol. The van der Waals surface area contributed by atoms with Crippen LogP contribution in [0.25, 0.3) is 0 Å². The highest BCUT2D eigenvalue weighted by Gasteiger charge is 2.30. The van der Waals surface area contributed by atoms with E-state index in [0.29, 0.717) is 5.56 Å². The van der Waals surface area contributed by atoms with Crippen molar-refractivity contribution < 1.29 is 23.1 Å². The highest BCUT2D eigenvalue weighted by Crippen LogP contribution is 2.33. The van der Waals surface area contributed by atoms with Crippen LogP contribution in [0.1, 0.15) is 34.7 Å². The summed E-state index contributed by atoms with van der Waals surface area (Å²) in [5.74, 6) is 0.151. The van der Waals surface area contributed by atoms with Crippen LogP contribution in [-0.4, -0.2) is 11.1 Å². The number of halogens is 3. The fraction of sp³-hybridized carbons (Fsp3) is 0.278. The van der Waals surface area contributed by atoms with E-state index in [4.69, 9.17) is 0 Å². The normalized spacial score (nSPS) is 16.4. The fourth-order valence-electron chi connectivity index (χ4n) is 2.94. The third-order valence-electron chi connectivity index (χ3n) is 4.25. The van der Waals surface area contributed by atoms with Gasteiger partial charge in [0.05, 0.1) is 11.6 Å². The molecule has 0 heterocycles. The second-order valence-corrected chi connectivity index (χ2v) is 6.00. The Kier molecular flexibility index (Phi) is 4.57. The molecule has 0 fully saturated rings. The number of aryl methyl sites for hydroxylation is 1. The molecule has 4 nitrogen and oxygen atoms in total. The minimum Gasteiger partial charge on any atom is -0.508 e. The SMILES string of the molecule is O=C(NCc1ccc(C(F)(F)F)cc1)NC1CCc2ccc(O)cc21. The van der Waals surface area contributed by atoms with Crippen molar-refractivity contribution in [3.8, 4) is 5.75 Å². The summed E-state index contributed by atoms with van der Waals surface area (Å²) >= 11 is 0. The number of fused-ring (bicyclic) bond motifs is 1. The summed E-state index contributed by atoms with van der Waals surface area (Å²) in [4.78, 5) is 12.0. The number of urea groups is 1. The molecule has 2 amide bonds. The van der Waals surface area contributed by atoms with Gasteiger partial charge in [-0.15, -0.1) is 0 Å². The first-order chi connectivity index (χ1) is 11.8. The maximum absolute atomic E-state index is 12.5. The van der Waals surface area contributed by atoms with Gasteiger partial charge in [0, 0.05) is 6.54 Å². The van der Waals surface area contributed by atoms with Crippen LogP contribution in [0.4, 0.5) is 18.0 Å². The number of rotatable bonds is 3. The summed E-state index contributed by atoms with van der Waals surface area (Å²) in [5.41, 5.74) is 1.84. The summed E-state index contributed by atoms with van der Waals surface area (Å²) in [7, 11) is 0. The number of hydrogen-bond donors (Lipinski definition) is 3. The molecule has 3 N–H and O–H groups in total. The molecular weight excluding hydrogens is 333 g/mol. The van der Waals surface area contributed by atoms with Crippen molar-refractivity contribution in [1.29, 1.82) is 0 Å². The number of carbonyl (C=O) groups excluding carboxylic acids is 1. The minimum absolute atomic E-state index is 0.129. The first kappa shape index (κ1) is 17.1. The van der Waals surface area contributed by atoms with Crippen LogP contribution in [0, 0.1) is 0 Å². The molecule has 1 aliphatic rings. The number of alkyl halides is 3. The van der Waals surface area contributed by atoms with Gasteiger partial charge in [0.2, 0.25) is 0 Å².